The van der Waals surface area contributed by atoms with Gasteiger partial charge in [0.05, 0.1) is 24.6 Å². The molecule has 0 aliphatic carbocycles. The largest absolute Gasteiger partial charge is 0.493 e. The lowest BCUT2D eigenvalue weighted by atomic mass is 9.73. The highest BCUT2D eigenvalue weighted by Crippen LogP contribution is 2.38. The number of hydrogen-bond acceptors (Lipinski definition) is 6. The Morgan fingerprint density at radius 2 is 1.92 bits per heavy atom. The SMILES string of the molecule is Cc1ccnc(C2CCCN2C(=O)CN2CCC3(CCCCc4ccccc4OCCCNC3=O)CC2)n1. The van der Waals surface area contributed by atoms with Gasteiger partial charge < -0.3 is 15.0 Å². The molecule has 1 aromatic carbocycles. The van der Waals surface area contributed by atoms with Gasteiger partial charge in [0.1, 0.15) is 5.75 Å². The van der Waals surface area contributed by atoms with E-state index in [1.807, 2.05) is 30.0 Å². The molecule has 1 unspecified atom stereocenters. The first-order chi connectivity index (χ1) is 18.5. The zero-order chi connectivity index (χ0) is 26.4. The molecular weight excluding hydrogens is 478 g/mol. The van der Waals surface area contributed by atoms with E-state index in [1.165, 1.54) is 5.56 Å². The van der Waals surface area contributed by atoms with Gasteiger partial charge in [0.2, 0.25) is 11.8 Å². The van der Waals surface area contributed by atoms with Crippen molar-refractivity contribution in [3.8, 4) is 5.75 Å². The Morgan fingerprint density at radius 3 is 2.76 bits per heavy atom. The number of hydrogen-bond donors (Lipinski definition) is 1. The summed E-state index contributed by atoms with van der Waals surface area (Å²) in [5, 5.41) is 3.21. The Kier molecular flexibility index (Phi) is 8.57. The number of benzene rings is 1. The molecule has 4 heterocycles. The fourth-order valence-corrected chi connectivity index (χ4v) is 6.25. The van der Waals surface area contributed by atoms with Crippen molar-refractivity contribution in [1.29, 1.82) is 0 Å². The Bertz CT molecular complexity index is 1110. The van der Waals surface area contributed by atoms with Crippen molar-refractivity contribution in [3.05, 3.63) is 53.6 Å². The predicted octanol–water partition coefficient (Wildman–Crippen LogP) is 3.84. The van der Waals surface area contributed by atoms with Crippen LogP contribution < -0.4 is 10.1 Å². The number of amides is 2. The van der Waals surface area contributed by atoms with E-state index in [1.54, 1.807) is 6.20 Å². The second-order valence-corrected chi connectivity index (χ2v) is 11.1. The number of aryl methyl sites for hydroxylation is 2. The van der Waals surface area contributed by atoms with Crippen LogP contribution in [0.4, 0.5) is 0 Å². The van der Waals surface area contributed by atoms with E-state index in [-0.39, 0.29) is 23.3 Å². The van der Waals surface area contributed by atoms with E-state index in [9.17, 15) is 9.59 Å². The van der Waals surface area contributed by atoms with Gasteiger partial charge in [0.25, 0.3) is 0 Å². The van der Waals surface area contributed by atoms with Gasteiger partial charge >= 0.3 is 0 Å². The summed E-state index contributed by atoms with van der Waals surface area (Å²) in [5.41, 5.74) is 1.84. The smallest absolute Gasteiger partial charge is 0.237 e. The minimum absolute atomic E-state index is 0.0335. The molecule has 8 heteroatoms. The average Bonchev–Trinajstić information content (AvgIpc) is 3.43. The minimum atomic E-state index is -0.348. The average molecular weight is 520 g/mol. The van der Waals surface area contributed by atoms with Gasteiger partial charge in [0.15, 0.2) is 5.82 Å². The molecule has 5 rings (SSSR count). The van der Waals surface area contributed by atoms with Gasteiger partial charge in [0, 0.05) is 25.0 Å². The van der Waals surface area contributed by atoms with Crippen LogP contribution in [0.3, 0.4) is 0 Å². The number of nitrogens with zero attached hydrogens (tertiary/aromatic N) is 4. The number of fused-ring (bicyclic) bond motifs is 1. The number of para-hydroxylation sites is 1. The fourth-order valence-electron chi connectivity index (χ4n) is 6.25. The van der Waals surface area contributed by atoms with Crippen LogP contribution in [0.1, 0.15) is 74.5 Å². The lowest BCUT2D eigenvalue weighted by Crippen LogP contribution is -2.51. The third-order valence-electron chi connectivity index (χ3n) is 8.53. The Hall–Kier alpha value is -3.00. The second kappa shape index (κ2) is 12.2. The molecule has 1 N–H and O–H groups in total. The number of piperidine rings is 1. The lowest BCUT2D eigenvalue weighted by molar-refractivity contribution is -0.137. The van der Waals surface area contributed by atoms with Crippen molar-refractivity contribution in [1.82, 2.24) is 25.1 Å². The number of carbonyl (C=O) groups excluding carboxylic acids is 2. The maximum absolute atomic E-state index is 13.4. The van der Waals surface area contributed by atoms with Gasteiger partial charge in [-0.15, -0.1) is 0 Å². The maximum Gasteiger partial charge on any atom is 0.237 e. The Balaban J connectivity index is 1.18. The summed E-state index contributed by atoms with van der Waals surface area (Å²) in [4.78, 5) is 40.0. The Labute approximate surface area is 226 Å². The van der Waals surface area contributed by atoms with E-state index in [2.05, 4.69) is 32.3 Å². The van der Waals surface area contributed by atoms with Crippen LogP contribution in [0.25, 0.3) is 0 Å². The first kappa shape index (κ1) is 26.6. The summed E-state index contributed by atoms with van der Waals surface area (Å²) < 4.78 is 6.01. The van der Waals surface area contributed by atoms with Crippen LogP contribution in [0.5, 0.6) is 5.75 Å². The van der Waals surface area contributed by atoms with Crippen LogP contribution >= 0.6 is 0 Å². The zero-order valence-electron chi connectivity index (χ0n) is 22.7. The molecule has 204 valence electrons. The van der Waals surface area contributed by atoms with E-state index >= 15 is 0 Å². The summed E-state index contributed by atoms with van der Waals surface area (Å²) >= 11 is 0. The highest BCUT2D eigenvalue weighted by Gasteiger charge is 2.41. The molecule has 1 aromatic heterocycles. The van der Waals surface area contributed by atoms with Crippen LogP contribution in [0, 0.1) is 12.3 Å². The van der Waals surface area contributed by atoms with Crippen LogP contribution in [0.15, 0.2) is 36.5 Å². The van der Waals surface area contributed by atoms with Crippen molar-refractivity contribution < 1.29 is 14.3 Å². The molecule has 2 amide bonds. The first-order valence-corrected chi connectivity index (χ1v) is 14.3. The topological polar surface area (TPSA) is 87.7 Å². The molecule has 2 aromatic rings. The zero-order valence-corrected chi connectivity index (χ0v) is 22.7. The molecule has 1 spiro atoms. The number of aromatic nitrogens is 2. The molecular formula is C30H41N5O3. The molecule has 2 saturated heterocycles. The molecule has 1 atom stereocenters. The molecule has 0 bridgehead atoms. The molecule has 3 aliphatic heterocycles. The monoisotopic (exact) mass is 519 g/mol. The molecule has 3 aliphatic rings. The van der Waals surface area contributed by atoms with Crippen LogP contribution in [-0.4, -0.2) is 70.9 Å². The van der Waals surface area contributed by atoms with Gasteiger partial charge in [-0.05, 0) is 89.1 Å². The molecule has 8 nitrogen and oxygen atoms in total. The third-order valence-corrected chi connectivity index (χ3v) is 8.53. The number of likely N-dealkylation sites (tertiary alicyclic amines) is 2. The summed E-state index contributed by atoms with van der Waals surface area (Å²) in [5.74, 6) is 2.05. The number of ether oxygens (including phenoxy) is 1. The van der Waals surface area contributed by atoms with Crippen LogP contribution in [-0.2, 0) is 16.0 Å². The summed E-state index contributed by atoms with van der Waals surface area (Å²) in [7, 11) is 0. The predicted molar refractivity (Wildman–Crippen MR) is 146 cm³/mol. The quantitative estimate of drug-likeness (QED) is 0.663. The van der Waals surface area contributed by atoms with E-state index < -0.39 is 0 Å². The summed E-state index contributed by atoms with van der Waals surface area (Å²) in [6.07, 6.45) is 9.96. The van der Waals surface area contributed by atoms with E-state index in [0.29, 0.717) is 19.7 Å². The standard InChI is InChI=1S/C30H41N5O3/c1-23-12-17-31-28(33-23)25-10-6-18-35(25)27(36)22-34-19-14-30(15-20-34)13-5-4-9-24-8-2-3-11-26(24)38-21-7-16-32-29(30)37/h2-3,8,11-12,17,25H,4-7,9-10,13-16,18-22H2,1H3,(H,32,37). The van der Waals surface area contributed by atoms with Crippen LogP contribution in [0.2, 0.25) is 0 Å². The van der Waals surface area contributed by atoms with Crippen molar-refractivity contribution >= 4 is 11.8 Å². The Morgan fingerprint density at radius 1 is 1.08 bits per heavy atom. The third kappa shape index (κ3) is 6.17. The summed E-state index contributed by atoms with van der Waals surface area (Å²) in [6, 6.07) is 10.1. The highest BCUT2D eigenvalue weighted by atomic mass is 16.5. The molecule has 0 radical (unpaired) electrons. The van der Waals surface area contributed by atoms with E-state index in [4.69, 9.17) is 4.74 Å². The number of carbonyl (C=O) groups is 2. The maximum atomic E-state index is 13.4. The van der Waals surface area contributed by atoms with Crippen molar-refractivity contribution in [2.75, 3.05) is 39.3 Å². The number of nitrogens with one attached hydrogen (secondary N) is 1. The van der Waals surface area contributed by atoms with Gasteiger partial charge in [-0.2, -0.15) is 0 Å². The normalized spacial score (nSPS) is 22.9. The lowest BCUT2D eigenvalue weighted by Gasteiger charge is -2.41. The summed E-state index contributed by atoms with van der Waals surface area (Å²) in [6.45, 7) is 5.88. The van der Waals surface area contributed by atoms with Crippen molar-refractivity contribution in [2.45, 2.75) is 70.8 Å². The first-order valence-electron chi connectivity index (χ1n) is 14.3. The van der Waals surface area contributed by atoms with Gasteiger partial charge in [-0.3, -0.25) is 14.5 Å². The second-order valence-electron chi connectivity index (χ2n) is 11.1. The van der Waals surface area contributed by atoms with Gasteiger partial charge in [-0.1, -0.05) is 24.6 Å². The number of rotatable bonds is 3. The fraction of sp³-hybridized carbons (Fsp3) is 0.600. The van der Waals surface area contributed by atoms with Crippen molar-refractivity contribution in [3.63, 3.8) is 0 Å². The highest BCUT2D eigenvalue weighted by molar-refractivity contribution is 5.83. The van der Waals surface area contributed by atoms with E-state index in [0.717, 1.165) is 94.7 Å². The molecule has 0 saturated carbocycles. The molecule has 38 heavy (non-hydrogen) atoms. The van der Waals surface area contributed by atoms with Gasteiger partial charge in [-0.25, -0.2) is 9.97 Å². The minimum Gasteiger partial charge on any atom is -0.493 e. The van der Waals surface area contributed by atoms with Crippen molar-refractivity contribution in [2.24, 2.45) is 5.41 Å². The molecule has 2 fully saturated rings.